The van der Waals surface area contributed by atoms with Gasteiger partial charge in [0.1, 0.15) is 5.54 Å². The molecule has 1 aliphatic rings. The summed E-state index contributed by atoms with van der Waals surface area (Å²) in [6.45, 7) is 4.33. The second-order valence-electron chi connectivity index (χ2n) is 4.05. The Morgan fingerprint density at radius 2 is 2.36 bits per heavy atom. The number of carbonyl (C=O) groups is 1. The summed E-state index contributed by atoms with van der Waals surface area (Å²) in [6, 6.07) is 0. The average molecular weight is 200 g/mol. The number of hydrogen-bond acceptors (Lipinski definition) is 3. The second kappa shape index (κ2) is 4.75. The van der Waals surface area contributed by atoms with Crippen LogP contribution in [0.2, 0.25) is 0 Å². The maximum Gasteiger partial charge on any atom is 0.263 e. The lowest BCUT2D eigenvalue weighted by molar-refractivity contribution is -0.142. The van der Waals surface area contributed by atoms with Gasteiger partial charge in [-0.3, -0.25) is 9.63 Å². The van der Waals surface area contributed by atoms with Crippen LogP contribution in [0.4, 0.5) is 0 Å². The van der Waals surface area contributed by atoms with Gasteiger partial charge >= 0.3 is 0 Å². The molecular weight excluding hydrogens is 180 g/mol. The van der Waals surface area contributed by atoms with Gasteiger partial charge in [-0.2, -0.15) is 0 Å². The molecule has 82 valence electrons. The Morgan fingerprint density at radius 1 is 1.64 bits per heavy atom. The smallest absolute Gasteiger partial charge is 0.263 e. The number of amides is 1. The standard InChI is InChI=1S/C10H20N2O2/c1-3-14-12-9(13)10(11)7-5-4-6-8(10)2/h8H,3-7,11H2,1-2H3,(H,12,13). The topological polar surface area (TPSA) is 64.3 Å². The molecule has 1 fully saturated rings. The Bertz CT molecular complexity index is 208. The third-order valence-electron chi connectivity index (χ3n) is 3.09. The van der Waals surface area contributed by atoms with Crippen LogP contribution in [0.15, 0.2) is 0 Å². The van der Waals surface area contributed by atoms with Crippen molar-refractivity contribution >= 4 is 5.91 Å². The fourth-order valence-corrected chi connectivity index (χ4v) is 1.94. The molecule has 1 amide bonds. The first-order chi connectivity index (χ1) is 6.61. The minimum atomic E-state index is -0.729. The lowest BCUT2D eigenvalue weighted by atomic mass is 9.74. The van der Waals surface area contributed by atoms with Crippen molar-refractivity contribution in [1.82, 2.24) is 5.48 Å². The van der Waals surface area contributed by atoms with Gasteiger partial charge in [0, 0.05) is 0 Å². The Kier molecular flexibility index (Phi) is 3.89. The van der Waals surface area contributed by atoms with Crippen LogP contribution in [0, 0.1) is 5.92 Å². The molecule has 0 aromatic carbocycles. The van der Waals surface area contributed by atoms with Gasteiger partial charge < -0.3 is 5.73 Å². The molecule has 0 aromatic heterocycles. The lowest BCUT2D eigenvalue weighted by Gasteiger charge is -2.37. The largest absolute Gasteiger partial charge is 0.317 e. The molecule has 1 aliphatic carbocycles. The van der Waals surface area contributed by atoms with E-state index in [1.165, 1.54) is 6.42 Å². The second-order valence-corrected chi connectivity index (χ2v) is 4.05. The van der Waals surface area contributed by atoms with E-state index in [0.717, 1.165) is 19.3 Å². The van der Waals surface area contributed by atoms with Crippen LogP contribution in [-0.4, -0.2) is 18.1 Å². The summed E-state index contributed by atoms with van der Waals surface area (Å²) in [5.74, 6) is 0.0586. The molecule has 1 rings (SSSR count). The zero-order valence-electron chi connectivity index (χ0n) is 9.01. The molecule has 4 nitrogen and oxygen atoms in total. The van der Waals surface area contributed by atoms with E-state index in [0.29, 0.717) is 6.61 Å². The number of rotatable bonds is 3. The Hall–Kier alpha value is -0.610. The summed E-state index contributed by atoms with van der Waals surface area (Å²) in [7, 11) is 0. The van der Waals surface area contributed by atoms with Gasteiger partial charge in [-0.1, -0.05) is 19.8 Å². The molecule has 0 aromatic rings. The van der Waals surface area contributed by atoms with Crippen LogP contribution >= 0.6 is 0 Å². The van der Waals surface area contributed by atoms with Gasteiger partial charge in [0.2, 0.25) is 0 Å². The van der Waals surface area contributed by atoms with Gasteiger partial charge in [-0.25, -0.2) is 5.48 Å². The van der Waals surface area contributed by atoms with Crippen LogP contribution in [-0.2, 0) is 9.63 Å². The monoisotopic (exact) mass is 200 g/mol. The van der Waals surface area contributed by atoms with Gasteiger partial charge in [0.05, 0.1) is 6.61 Å². The van der Waals surface area contributed by atoms with Gasteiger partial charge in [0.15, 0.2) is 0 Å². The molecule has 14 heavy (non-hydrogen) atoms. The van der Waals surface area contributed by atoms with Gasteiger partial charge in [-0.15, -0.1) is 0 Å². The lowest BCUT2D eigenvalue weighted by Crippen LogP contribution is -2.59. The number of nitrogens with one attached hydrogen (secondary N) is 1. The molecule has 0 bridgehead atoms. The first-order valence-electron chi connectivity index (χ1n) is 5.32. The molecular formula is C10H20N2O2. The van der Waals surface area contributed by atoms with Crippen molar-refractivity contribution in [2.75, 3.05) is 6.61 Å². The molecule has 0 spiro atoms. The summed E-state index contributed by atoms with van der Waals surface area (Å²) in [5.41, 5.74) is 7.78. The average Bonchev–Trinajstić information content (AvgIpc) is 2.19. The molecule has 0 saturated heterocycles. The maximum absolute atomic E-state index is 11.7. The number of hydroxylamine groups is 1. The van der Waals surface area contributed by atoms with Crippen molar-refractivity contribution in [2.24, 2.45) is 11.7 Å². The Morgan fingerprint density at radius 3 is 2.93 bits per heavy atom. The van der Waals surface area contributed by atoms with Crippen LogP contribution in [0.5, 0.6) is 0 Å². The number of nitrogens with two attached hydrogens (primary N) is 1. The molecule has 1 saturated carbocycles. The van der Waals surface area contributed by atoms with E-state index >= 15 is 0 Å². The molecule has 0 radical (unpaired) electrons. The van der Waals surface area contributed by atoms with Crippen molar-refractivity contribution in [2.45, 2.75) is 45.1 Å². The molecule has 0 heterocycles. The zero-order chi connectivity index (χ0) is 10.6. The van der Waals surface area contributed by atoms with Gasteiger partial charge in [-0.05, 0) is 25.7 Å². The van der Waals surface area contributed by atoms with E-state index in [4.69, 9.17) is 10.6 Å². The molecule has 2 atom stereocenters. The third kappa shape index (κ3) is 2.25. The van der Waals surface area contributed by atoms with E-state index in [-0.39, 0.29) is 11.8 Å². The van der Waals surface area contributed by atoms with Crippen molar-refractivity contribution in [1.29, 1.82) is 0 Å². The predicted molar refractivity (Wildman–Crippen MR) is 54.3 cm³/mol. The summed E-state index contributed by atoms with van der Waals surface area (Å²) in [4.78, 5) is 16.6. The SMILES string of the molecule is CCONC(=O)C1(N)CCCCC1C. The number of carbonyl (C=O) groups excluding carboxylic acids is 1. The maximum atomic E-state index is 11.7. The van der Waals surface area contributed by atoms with Crippen LogP contribution in [0.25, 0.3) is 0 Å². The zero-order valence-corrected chi connectivity index (χ0v) is 9.01. The first kappa shape index (κ1) is 11.5. The van der Waals surface area contributed by atoms with E-state index in [1.54, 1.807) is 0 Å². The first-order valence-corrected chi connectivity index (χ1v) is 5.32. The minimum Gasteiger partial charge on any atom is -0.317 e. The van der Waals surface area contributed by atoms with Crippen molar-refractivity contribution in [3.8, 4) is 0 Å². The summed E-state index contributed by atoms with van der Waals surface area (Å²) in [5, 5.41) is 0. The van der Waals surface area contributed by atoms with E-state index in [9.17, 15) is 4.79 Å². The highest BCUT2D eigenvalue weighted by atomic mass is 16.6. The predicted octanol–water partition coefficient (Wildman–Crippen LogP) is 0.962. The van der Waals surface area contributed by atoms with Gasteiger partial charge in [0.25, 0.3) is 5.91 Å². The fraction of sp³-hybridized carbons (Fsp3) is 0.900. The van der Waals surface area contributed by atoms with Crippen molar-refractivity contribution < 1.29 is 9.63 Å². The van der Waals surface area contributed by atoms with Crippen molar-refractivity contribution in [3.63, 3.8) is 0 Å². The highest BCUT2D eigenvalue weighted by Gasteiger charge is 2.41. The van der Waals surface area contributed by atoms with Crippen LogP contribution in [0.3, 0.4) is 0 Å². The van der Waals surface area contributed by atoms with Crippen molar-refractivity contribution in [3.05, 3.63) is 0 Å². The summed E-state index contributed by atoms with van der Waals surface area (Å²) in [6.07, 6.45) is 3.98. The molecule has 2 unspecified atom stereocenters. The molecule has 4 heteroatoms. The fourth-order valence-electron chi connectivity index (χ4n) is 1.94. The van der Waals surface area contributed by atoms with Crippen LogP contribution < -0.4 is 11.2 Å². The number of hydrogen-bond donors (Lipinski definition) is 2. The molecule has 0 aliphatic heterocycles. The molecule has 3 N–H and O–H groups in total. The normalized spacial score (nSPS) is 32.6. The third-order valence-corrected chi connectivity index (χ3v) is 3.09. The highest BCUT2D eigenvalue weighted by molar-refractivity contribution is 5.85. The quantitative estimate of drug-likeness (QED) is 0.667. The van der Waals surface area contributed by atoms with E-state index < -0.39 is 5.54 Å². The minimum absolute atomic E-state index is 0.174. The Balaban J connectivity index is 2.57. The van der Waals surface area contributed by atoms with Crippen LogP contribution in [0.1, 0.15) is 39.5 Å². The van der Waals surface area contributed by atoms with E-state index in [1.807, 2.05) is 13.8 Å². The summed E-state index contributed by atoms with van der Waals surface area (Å²) >= 11 is 0. The highest BCUT2D eigenvalue weighted by Crippen LogP contribution is 2.31. The summed E-state index contributed by atoms with van der Waals surface area (Å²) < 4.78 is 0. The van der Waals surface area contributed by atoms with E-state index in [2.05, 4.69) is 5.48 Å². The Labute approximate surface area is 85.1 Å².